The average Bonchev–Trinajstić information content (AvgIpc) is 2.72. The number of carbonyl (C=O) groups excluding carboxylic acids is 2. The molecule has 2 amide bonds. The maximum absolute atomic E-state index is 14.1. The van der Waals surface area contributed by atoms with Crippen LogP contribution in [0.5, 0.6) is 5.75 Å². The summed E-state index contributed by atoms with van der Waals surface area (Å²) in [5, 5.41) is 2.85. The van der Waals surface area contributed by atoms with Gasteiger partial charge in [0.25, 0.3) is 11.8 Å². The molecule has 6 heteroatoms. The van der Waals surface area contributed by atoms with Gasteiger partial charge < -0.3 is 15.0 Å². The Kier molecular flexibility index (Phi) is 4.99. The van der Waals surface area contributed by atoms with Crippen LogP contribution in [0.2, 0.25) is 0 Å². The van der Waals surface area contributed by atoms with E-state index in [1.54, 1.807) is 48.5 Å². The second kappa shape index (κ2) is 7.75. The third-order valence-electron chi connectivity index (χ3n) is 4.84. The molecule has 0 aromatic heterocycles. The molecule has 3 aromatic rings. The monoisotopic (exact) mass is 390 g/mol. The number of amides is 2. The van der Waals surface area contributed by atoms with E-state index in [-0.39, 0.29) is 30.8 Å². The van der Waals surface area contributed by atoms with Gasteiger partial charge in [-0.25, -0.2) is 4.39 Å². The Hall–Kier alpha value is -3.67. The minimum Gasteiger partial charge on any atom is -0.482 e. The zero-order valence-electron chi connectivity index (χ0n) is 15.8. The van der Waals surface area contributed by atoms with E-state index in [0.717, 1.165) is 5.56 Å². The van der Waals surface area contributed by atoms with Crippen LogP contribution in [-0.4, -0.2) is 18.4 Å². The number of nitrogens with zero attached hydrogens (tertiary/aromatic N) is 1. The Morgan fingerprint density at radius 2 is 1.86 bits per heavy atom. The van der Waals surface area contributed by atoms with E-state index in [1.807, 2.05) is 19.1 Å². The molecule has 0 unspecified atom stereocenters. The van der Waals surface area contributed by atoms with Gasteiger partial charge in [-0.1, -0.05) is 36.4 Å². The molecule has 0 aliphatic carbocycles. The van der Waals surface area contributed by atoms with Crippen molar-refractivity contribution >= 4 is 23.2 Å². The summed E-state index contributed by atoms with van der Waals surface area (Å²) in [7, 11) is 0. The molecular formula is C23H19FN2O3. The molecule has 5 nitrogen and oxygen atoms in total. The van der Waals surface area contributed by atoms with E-state index in [1.165, 1.54) is 11.0 Å². The minimum absolute atomic E-state index is 0.0804. The lowest BCUT2D eigenvalue weighted by Gasteiger charge is -2.30. The first-order chi connectivity index (χ1) is 14.0. The number of ether oxygens (including phenoxy) is 1. The van der Waals surface area contributed by atoms with Crippen molar-refractivity contribution in [2.45, 2.75) is 13.5 Å². The van der Waals surface area contributed by atoms with Gasteiger partial charge in [0, 0.05) is 16.8 Å². The number of rotatable bonds is 4. The number of fused-ring (bicyclic) bond motifs is 1. The lowest BCUT2D eigenvalue weighted by atomic mass is 10.1. The number of benzene rings is 3. The standard InChI is InChI=1S/C23H19FN2O3/c1-15-6-2-4-8-18(15)23(28)25-17-10-11-21-20(12-17)26(22(27)14-29-21)13-16-7-3-5-9-19(16)24/h2-12H,13-14H2,1H3,(H,25,28). The summed E-state index contributed by atoms with van der Waals surface area (Å²) < 4.78 is 19.6. The quantitative estimate of drug-likeness (QED) is 0.722. The molecule has 1 aliphatic rings. The second-order valence-electron chi connectivity index (χ2n) is 6.81. The SMILES string of the molecule is Cc1ccccc1C(=O)Nc1ccc2c(c1)N(Cc1ccccc1F)C(=O)CO2. The van der Waals surface area contributed by atoms with Gasteiger partial charge in [0.2, 0.25) is 0 Å². The molecule has 146 valence electrons. The predicted molar refractivity (Wildman–Crippen MR) is 109 cm³/mol. The Labute approximate surface area is 167 Å². The Bertz CT molecular complexity index is 1100. The van der Waals surface area contributed by atoms with Gasteiger partial charge in [-0.3, -0.25) is 9.59 Å². The maximum Gasteiger partial charge on any atom is 0.265 e. The molecule has 29 heavy (non-hydrogen) atoms. The highest BCUT2D eigenvalue weighted by atomic mass is 19.1. The average molecular weight is 390 g/mol. The fraction of sp³-hybridized carbons (Fsp3) is 0.130. The topological polar surface area (TPSA) is 58.6 Å². The summed E-state index contributed by atoms with van der Waals surface area (Å²) >= 11 is 0. The number of aryl methyl sites for hydroxylation is 1. The number of hydrogen-bond donors (Lipinski definition) is 1. The largest absolute Gasteiger partial charge is 0.482 e. The van der Waals surface area contributed by atoms with Crippen molar-refractivity contribution in [2.75, 3.05) is 16.8 Å². The summed E-state index contributed by atoms with van der Waals surface area (Å²) in [5.41, 5.74) is 2.85. The van der Waals surface area contributed by atoms with Crippen LogP contribution in [0.4, 0.5) is 15.8 Å². The molecule has 1 aliphatic heterocycles. The van der Waals surface area contributed by atoms with E-state index in [9.17, 15) is 14.0 Å². The first kappa shape index (κ1) is 18.7. The number of anilines is 2. The summed E-state index contributed by atoms with van der Waals surface area (Å²) in [6, 6.07) is 18.7. The molecule has 0 saturated carbocycles. The molecule has 0 saturated heterocycles. The van der Waals surface area contributed by atoms with Crippen LogP contribution in [0.3, 0.4) is 0 Å². The van der Waals surface area contributed by atoms with Gasteiger partial charge in [0.15, 0.2) is 6.61 Å². The molecular weight excluding hydrogens is 371 g/mol. The summed E-state index contributed by atoms with van der Waals surface area (Å²) in [4.78, 5) is 26.5. The molecule has 4 rings (SSSR count). The van der Waals surface area contributed by atoms with Crippen LogP contribution in [0.1, 0.15) is 21.5 Å². The highest BCUT2D eigenvalue weighted by Crippen LogP contribution is 2.36. The molecule has 0 atom stereocenters. The van der Waals surface area contributed by atoms with Crippen LogP contribution in [0.25, 0.3) is 0 Å². The number of halogens is 1. The lowest BCUT2D eigenvalue weighted by molar-refractivity contribution is -0.121. The highest BCUT2D eigenvalue weighted by molar-refractivity contribution is 6.06. The Morgan fingerprint density at radius 1 is 1.10 bits per heavy atom. The van der Waals surface area contributed by atoms with E-state index in [2.05, 4.69) is 5.32 Å². The zero-order valence-corrected chi connectivity index (χ0v) is 15.8. The van der Waals surface area contributed by atoms with Crippen LogP contribution >= 0.6 is 0 Å². The van der Waals surface area contributed by atoms with Gasteiger partial charge in [0.1, 0.15) is 11.6 Å². The third kappa shape index (κ3) is 3.82. The first-order valence-corrected chi connectivity index (χ1v) is 9.20. The van der Waals surface area contributed by atoms with Gasteiger partial charge in [-0.05, 0) is 42.8 Å². The van der Waals surface area contributed by atoms with Crippen molar-refractivity contribution in [3.63, 3.8) is 0 Å². The summed E-state index contributed by atoms with van der Waals surface area (Å²) in [6.45, 7) is 1.83. The van der Waals surface area contributed by atoms with Gasteiger partial charge in [-0.15, -0.1) is 0 Å². The predicted octanol–water partition coefficient (Wildman–Crippen LogP) is 4.31. The minimum atomic E-state index is -0.377. The van der Waals surface area contributed by atoms with Crippen LogP contribution in [-0.2, 0) is 11.3 Å². The lowest BCUT2D eigenvalue weighted by Crippen LogP contribution is -2.38. The summed E-state index contributed by atoms with van der Waals surface area (Å²) in [5.74, 6) is -0.387. The fourth-order valence-electron chi connectivity index (χ4n) is 3.28. The molecule has 1 heterocycles. The second-order valence-corrected chi connectivity index (χ2v) is 6.81. The third-order valence-corrected chi connectivity index (χ3v) is 4.84. The Morgan fingerprint density at radius 3 is 2.66 bits per heavy atom. The van der Waals surface area contributed by atoms with E-state index in [0.29, 0.717) is 28.3 Å². The van der Waals surface area contributed by atoms with Crippen molar-refractivity contribution in [1.82, 2.24) is 0 Å². The van der Waals surface area contributed by atoms with E-state index >= 15 is 0 Å². The zero-order chi connectivity index (χ0) is 20.4. The molecule has 0 fully saturated rings. The van der Waals surface area contributed by atoms with E-state index < -0.39 is 0 Å². The van der Waals surface area contributed by atoms with Crippen molar-refractivity contribution < 1.29 is 18.7 Å². The normalized spacial score (nSPS) is 12.9. The van der Waals surface area contributed by atoms with Crippen LogP contribution in [0, 0.1) is 12.7 Å². The van der Waals surface area contributed by atoms with Crippen LogP contribution in [0.15, 0.2) is 66.7 Å². The number of carbonyl (C=O) groups is 2. The molecule has 3 aromatic carbocycles. The smallest absolute Gasteiger partial charge is 0.265 e. The maximum atomic E-state index is 14.1. The van der Waals surface area contributed by atoms with Gasteiger partial charge >= 0.3 is 0 Å². The Balaban J connectivity index is 1.63. The summed E-state index contributed by atoms with van der Waals surface area (Å²) in [6.07, 6.45) is 0. The van der Waals surface area contributed by atoms with Crippen molar-refractivity contribution in [2.24, 2.45) is 0 Å². The first-order valence-electron chi connectivity index (χ1n) is 9.20. The fourth-order valence-corrected chi connectivity index (χ4v) is 3.28. The van der Waals surface area contributed by atoms with Crippen molar-refractivity contribution in [3.05, 3.63) is 89.2 Å². The highest BCUT2D eigenvalue weighted by Gasteiger charge is 2.27. The van der Waals surface area contributed by atoms with Crippen LogP contribution < -0.4 is 15.0 Å². The number of nitrogens with one attached hydrogen (secondary N) is 1. The van der Waals surface area contributed by atoms with E-state index in [4.69, 9.17) is 4.74 Å². The van der Waals surface area contributed by atoms with Gasteiger partial charge in [-0.2, -0.15) is 0 Å². The number of hydrogen-bond acceptors (Lipinski definition) is 3. The van der Waals surface area contributed by atoms with Crippen molar-refractivity contribution in [3.8, 4) is 5.75 Å². The molecule has 0 bridgehead atoms. The molecule has 0 radical (unpaired) electrons. The molecule has 1 N–H and O–H groups in total. The molecule has 0 spiro atoms. The van der Waals surface area contributed by atoms with Crippen molar-refractivity contribution in [1.29, 1.82) is 0 Å². The van der Waals surface area contributed by atoms with Gasteiger partial charge in [0.05, 0.1) is 12.2 Å².